The summed E-state index contributed by atoms with van der Waals surface area (Å²) in [6.45, 7) is 3.63. The van der Waals surface area contributed by atoms with Crippen molar-refractivity contribution in [2.45, 2.75) is 9.79 Å². The van der Waals surface area contributed by atoms with E-state index in [1.165, 1.54) is 0 Å². The molecule has 0 aliphatic heterocycles. The van der Waals surface area contributed by atoms with Crippen molar-refractivity contribution >= 4 is 15.9 Å². The molecule has 0 heterocycles. The summed E-state index contributed by atoms with van der Waals surface area (Å²) in [4.78, 5) is 0.599. The SMILES string of the molecule is C=Cc1cccc(S(=O)(=O)c2ccccc2)c1. The Labute approximate surface area is 101 Å². The molecule has 2 aromatic rings. The van der Waals surface area contributed by atoms with Gasteiger partial charge in [-0.3, -0.25) is 0 Å². The summed E-state index contributed by atoms with van der Waals surface area (Å²) in [5, 5.41) is 0. The van der Waals surface area contributed by atoms with Crippen LogP contribution in [-0.4, -0.2) is 8.42 Å². The third-order valence-corrected chi connectivity index (χ3v) is 4.22. The van der Waals surface area contributed by atoms with E-state index in [2.05, 4.69) is 6.58 Å². The van der Waals surface area contributed by atoms with Gasteiger partial charge >= 0.3 is 0 Å². The Kier molecular flexibility index (Phi) is 3.11. The van der Waals surface area contributed by atoms with E-state index in [4.69, 9.17) is 0 Å². The minimum atomic E-state index is -3.42. The van der Waals surface area contributed by atoms with Gasteiger partial charge in [-0.15, -0.1) is 0 Å². The maximum absolute atomic E-state index is 12.3. The summed E-state index contributed by atoms with van der Waals surface area (Å²) >= 11 is 0. The average Bonchev–Trinajstić information content (AvgIpc) is 2.40. The van der Waals surface area contributed by atoms with Crippen LogP contribution in [0.2, 0.25) is 0 Å². The summed E-state index contributed by atoms with van der Waals surface area (Å²) in [5.41, 5.74) is 0.794. The third-order valence-electron chi connectivity index (χ3n) is 2.46. The number of sulfone groups is 1. The number of rotatable bonds is 3. The van der Waals surface area contributed by atoms with Crippen LogP contribution >= 0.6 is 0 Å². The number of hydrogen-bond donors (Lipinski definition) is 0. The van der Waals surface area contributed by atoms with Crippen LogP contribution in [0.1, 0.15) is 5.56 Å². The fraction of sp³-hybridized carbons (Fsp3) is 0. The van der Waals surface area contributed by atoms with Crippen molar-refractivity contribution in [1.82, 2.24) is 0 Å². The van der Waals surface area contributed by atoms with Gasteiger partial charge in [-0.05, 0) is 29.8 Å². The van der Waals surface area contributed by atoms with E-state index in [0.29, 0.717) is 9.79 Å². The van der Waals surface area contributed by atoms with E-state index in [-0.39, 0.29) is 0 Å². The molecule has 0 unspecified atom stereocenters. The van der Waals surface area contributed by atoms with Gasteiger partial charge < -0.3 is 0 Å². The normalized spacial score (nSPS) is 11.1. The highest BCUT2D eigenvalue weighted by atomic mass is 32.2. The molecular formula is C14H12O2S. The van der Waals surface area contributed by atoms with Crippen molar-refractivity contribution in [2.75, 3.05) is 0 Å². The maximum atomic E-state index is 12.3. The zero-order valence-electron chi connectivity index (χ0n) is 9.21. The second-order valence-corrected chi connectivity index (χ2v) is 5.54. The highest BCUT2D eigenvalue weighted by Gasteiger charge is 2.16. The lowest BCUT2D eigenvalue weighted by Crippen LogP contribution is -2.01. The van der Waals surface area contributed by atoms with Gasteiger partial charge in [-0.25, -0.2) is 8.42 Å². The molecule has 0 fully saturated rings. The molecule has 0 aliphatic rings. The molecule has 0 radical (unpaired) electrons. The van der Waals surface area contributed by atoms with Crippen LogP contribution in [0.3, 0.4) is 0 Å². The Morgan fingerprint density at radius 1 is 0.882 bits per heavy atom. The molecule has 0 amide bonds. The molecule has 3 heteroatoms. The predicted octanol–water partition coefficient (Wildman–Crippen LogP) is 3.16. The van der Waals surface area contributed by atoms with Crippen LogP contribution in [0.25, 0.3) is 6.08 Å². The first-order valence-corrected chi connectivity index (χ1v) is 6.65. The van der Waals surface area contributed by atoms with E-state index in [9.17, 15) is 8.42 Å². The first-order valence-electron chi connectivity index (χ1n) is 5.17. The van der Waals surface area contributed by atoms with Crippen molar-refractivity contribution in [3.05, 3.63) is 66.7 Å². The Bertz CT molecular complexity index is 628. The topological polar surface area (TPSA) is 34.1 Å². The second kappa shape index (κ2) is 4.55. The minimum Gasteiger partial charge on any atom is -0.219 e. The van der Waals surface area contributed by atoms with Crippen molar-refractivity contribution in [3.8, 4) is 0 Å². The predicted molar refractivity (Wildman–Crippen MR) is 68.4 cm³/mol. The molecule has 0 aromatic heterocycles. The molecule has 0 atom stereocenters. The van der Waals surface area contributed by atoms with Gasteiger partial charge in [0.05, 0.1) is 9.79 Å². The lowest BCUT2D eigenvalue weighted by molar-refractivity contribution is 0.596. The molecule has 0 N–H and O–H groups in total. The molecule has 0 aliphatic carbocycles. The maximum Gasteiger partial charge on any atom is 0.206 e. The smallest absolute Gasteiger partial charge is 0.206 e. The molecule has 86 valence electrons. The third kappa shape index (κ3) is 2.29. The van der Waals surface area contributed by atoms with Gasteiger partial charge in [-0.1, -0.05) is 43.0 Å². The molecule has 2 rings (SSSR count). The fourth-order valence-corrected chi connectivity index (χ4v) is 2.88. The van der Waals surface area contributed by atoms with E-state index in [1.807, 2.05) is 6.07 Å². The molecular weight excluding hydrogens is 232 g/mol. The van der Waals surface area contributed by atoms with Crippen LogP contribution in [0.15, 0.2) is 71.0 Å². The average molecular weight is 244 g/mol. The van der Waals surface area contributed by atoms with E-state index >= 15 is 0 Å². The summed E-state index contributed by atoms with van der Waals surface area (Å²) in [6, 6.07) is 15.1. The summed E-state index contributed by atoms with van der Waals surface area (Å²) in [6.07, 6.45) is 1.63. The monoisotopic (exact) mass is 244 g/mol. The number of hydrogen-bond acceptors (Lipinski definition) is 2. The Morgan fingerprint density at radius 3 is 2.18 bits per heavy atom. The molecule has 0 saturated heterocycles. The van der Waals surface area contributed by atoms with Crippen LogP contribution in [-0.2, 0) is 9.84 Å². The van der Waals surface area contributed by atoms with Gasteiger partial charge in [-0.2, -0.15) is 0 Å². The Morgan fingerprint density at radius 2 is 1.53 bits per heavy atom. The van der Waals surface area contributed by atoms with E-state index < -0.39 is 9.84 Å². The Balaban J connectivity index is 2.56. The summed E-state index contributed by atoms with van der Waals surface area (Å²) < 4.78 is 24.5. The summed E-state index contributed by atoms with van der Waals surface area (Å²) in [5.74, 6) is 0. The van der Waals surface area contributed by atoms with Gasteiger partial charge in [0.25, 0.3) is 0 Å². The van der Waals surface area contributed by atoms with Crippen molar-refractivity contribution in [3.63, 3.8) is 0 Å². The standard InChI is InChI=1S/C14H12O2S/c1-2-12-7-6-10-14(11-12)17(15,16)13-8-4-3-5-9-13/h2-11H,1H2. The lowest BCUT2D eigenvalue weighted by Gasteiger charge is -2.05. The minimum absolute atomic E-state index is 0.293. The van der Waals surface area contributed by atoms with Crippen LogP contribution in [0.5, 0.6) is 0 Å². The zero-order chi connectivity index (χ0) is 12.3. The summed E-state index contributed by atoms with van der Waals surface area (Å²) in [7, 11) is -3.42. The second-order valence-electron chi connectivity index (χ2n) is 3.59. The van der Waals surface area contributed by atoms with Crippen molar-refractivity contribution in [1.29, 1.82) is 0 Å². The van der Waals surface area contributed by atoms with E-state index in [0.717, 1.165) is 5.56 Å². The van der Waals surface area contributed by atoms with Crippen LogP contribution in [0.4, 0.5) is 0 Å². The first kappa shape index (κ1) is 11.6. The number of benzene rings is 2. The molecule has 0 spiro atoms. The van der Waals surface area contributed by atoms with Gasteiger partial charge in [0.1, 0.15) is 0 Å². The lowest BCUT2D eigenvalue weighted by atomic mass is 10.2. The van der Waals surface area contributed by atoms with Crippen molar-refractivity contribution < 1.29 is 8.42 Å². The molecule has 17 heavy (non-hydrogen) atoms. The Hall–Kier alpha value is -1.87. The highest BCUT2D eigenvalue weighted by molar-refractivity contribution is 7.91. The largest absolute Gasteiger partial charge is 0.219 e. The van der Waals surface area contributed by atoms with Crippen LogP contribution < -0.4 is 0 Å². The molecule has 0 bridgehead atoms. The van der Waals surface area contributed by atoms with Gasteiger partial charge in [0, 0.05) is 0 Å². The molecule has 2 nitrogen and oxygen atoms in total. The molecule has 2 aromatic carbocycles. The van der Waals surface area contributed by atoms with Crippen LogP contribution in [0, 0.1) is 0 Å². The quantitative estimate of drug-likeness (QED) is 0.831. The van der Waals surface area contributed by atoms with Crippen molar-refractivity contribution in [2.24, 2.45) is 0 Å². The molecule has 0 saturated carbocycles. The highest BCUT2D eigenvalue weighted by Crippen LogP contribution is 2.21. The zero-order valence-corrected chi connectivity index (χ0v) is 10.0. The fourth-order valence-electron chi connectivity index (χ4n) is 1.54. The van der Waals surface area contributed by atoms with E-state index in [1.54, 1.807) is 54.6 Å². The van der Waals surface area contributed by atoms with Gasteiger partial charge in [0.15, 0.2) is 0 Å². The first-order chi connectivity index (χ1) is 8.14. The van der Waals surface area contributed by atoms with Gasteiger partial charge in [0.2, 0.25) is 9.84 Å².